The van der Waals surface area contributed by atoms with Crippen LogP contribution in [-0.4, -0.2) is 72.5 Å². The first-order chi connectivity index (χ1) is 10.5. The van der Waals surface area contributed by atoms with Crippen molar-refractivity contribution in [1.29, 1.82) is 0 Å². The van der Waals surface area contributed by atoms with Gasteiger partial charge in [-0.25, -0.2) is 0 Å². The number of carbonyl (C=O) groups excluding carboxylic acids is 1. The molecule has 1 fully saturated rings. The lowest BCUT2D eigenvalue weighted by molar-refractivity contribution is -0.132. The van der Waals surface area contributed by atoms with Crippen LogP contribution in [0.1, 0.15) is 5.56 Å². The number of nitrogens with one attached hydrogen (secondary N) is 1. The normalized spacial score (nSPS) is 15.5. The number of likely N-dealkylation sites (N-methyl/N-ethyl adjacent to an activating group) is 2. The van der Waals surface area contributed by atoms with Gasteiger partial charge in [-0.2, -0.15) is 0 Å². The number of hydrogen-bond acceptors (Lipinski definition) is 3. The first kappa shape index (κ1) is 16.7. The van der Waals surface area contributed by atoms with Crippen LogP contribution in [0.2, 0.25) is 0 Å². The van der Waals surface area contributed by atoms with Crippen LogP contribution in [-0.2, 0) is 4.79 Å². The highest BCUT2D eigenvalue weighted by Gasteiger charge is 2.20. The molecule has 0 bridgehead atoms. The van der Waals surface area contributed by atoms with Gasteiger partial charge in [-0.05, 0) is 37.8 Å². The molecule has 1 aliphatic heterocycles. The minimum atomic E-state index is 0.129. The monoisotopic (exact) mass is 320 g/mol. The number of para-hydroxylation sites is 1. The van der Waals surface area contributed by atoms with Crippen molar-refractivity contribution in [3.63, 3.8) is 0 Å². The molecule has 22 heavy (non-hydrogen) atoms. The predicted molar refractivity (Wildman–Crippen MR) is 94.1 cm³/mol. The van der Waals surface area contributed by atoms with Crippen molar-refractivity contribution in [3.8, 4) is 0 Å². The molecule has 0 radical (unpaired) electrons. The molecule has 2 rings (SSSR count). The van der Waals surface area contributed by atoms with Crippen molar-refractivity contribution in [2.75, 3.05) is 52.1 Å². The SMILES string of the molecule is Cc1ccccc1NC(=S)N(C)CC(=O)N1CCN(C)CC1. The second kappa shape index (κ2) is 7.56. The number of piperazine rings is 1. The molecule has 1 aromatic rings. The van der Waals surface area contributed by atoms with Gasteiger partial charge < -0.3 is 20.0 Å². The van der Waals surface area contributed by atoms with Crippen LogP contribution in [0.5, 0.6) is 0 Å². The fraction of sp³-hybridized carbons (Fsp3) is 0.500. The van der Waals surface area contributed by atoms with Crippen molar-refractivity contribution in [2.45, 2.75) is 6.92 Å². The molecule has 120 valence electrons. The fourth-order valence-corrected chi connectivity index (χ4v) is 2.53. The maximum atomic E-state index is 12.3. The number of anilines is 1. The summed E-state index contributed by atoms with van der Waals surface area (Å²) in [6.07, 6.45) is 0. The van der Waals surface area contributed by atoms with Crippen LogP contribution < -0.4 is 5.32 Å². The molecule has 1 aromatic carbocycles. The van der Waals surface area contributed by atoms with E-state index in [0.29, 0.717) is 11.7 Å². The molecule has 1 aliphatic rings. The predicted octanol–water partition coefficient (Wildman–Crippen LogP) is 1.40. The lowest BCUT2D eigenvalue weighted by Gasteiger charge is -2.33. The third-order valence-electron chi connectivity index (χ3n) is 3.96. The Hall–Kier alpha value is -1.66. The molecule has 6 heteroatoms. The standard InChI is InChI=1S/C16H24N4OS/c1-13-6-4-5-7-14(13)17-16(22)19(3)12-15(21)20-10-8-18(2)9-11-20/h4-7H,8-12H2,1-3H3,(H,17,22). The smallest absolute Gasteiger partial charge is 0.242 e. The lowest BCUT2D eigenvalue weighted by Crippen LogP contribution is -2.50. The Kier molecular flexibility index (Phi) is 5.74. The molecule has 0 unspecified atom stereocenters. The molecule has 0 spiro atoms. The number of hydrogen-bond donors (Lipinski definition) is 1. The van der Waals surface area contributed by atoms with Gasteiger partial charge in [0.05, 0.1) is 6.54 Å². The van der Waals surface area contributed by atoms with E-state index >= 15 is 0 Å². The summed E-state index contributed by atoms with van der Waals surface area (Å²) in [5.41, 5.74) is 2.11. The minimum Gasteiger partial charge on any atom is -0.343 e. The topological polar surface area (TPSA) is 38.8 Å². The molecule has 1 saturated heterocycles. The Morgan fingerprint density at radius 2 is 1.91 bits per heavy atom. The zero-order chi connectivity index (χ0) is 16.1. The quantitative estimate of drug-likeness (QED) is 0.852. The maximum absolute atomic E-state index is 12.3. The molecule has 0 aliphatic carbocycles. The molecule has 0 atom stereocenters. The molecule has 0 aromatic heterocycles. The van der Waals surface area contributed by atoms with E-state index in [1.165, 1.54) is 0 Å². The number of rotatable bonds is 3. The highest BCUT2D eigenvalue weighted by Crippen LogP contribution is 2.13. The average molecular weight is 320 g/mol. The number of benzene rings is 1. The van der Waals surface area contributed by atoms with Crippen molar-refractivity contribution in [1.82, 2.24) is 14.7 Å². The van der Waals surface area contributed by atoms with Crippen LogP contribution in [0.3, 0.4) is 0 Å². The average Bonchev–Trinajstić information content (AvgIpc) is 2.50. The van der Waals surface area contributed by atoms with Crippen LogP contribution >= 0.6 is 12.2 Å². The summed E-state index contributed by atoms with van der Waals surface area (Å²) in [4.78, 5) is 18.3. The number of carbonyl (C=O) groups is 1. The Balaban J connectivity index is 1.86. The summed E-state index contributed by atoms with van der Waals surface area (Å²) in [6, 6.07) is 7.97. The molecule has 1 N–H and O–H groups in total. The number of amides is 1. The van der Waals surface area contributed by atoms with Gasteiger partial charge in [0.15, 0.2) is 5.11 Å². The molecule has 0 saturated carbocycles. The zero-order valence-corrected chi connectivity index (χ0v) is 14.3. The van der Waals surface area contributed by atoms with E-state index in [0.717, 1.165) is 37.4 Å². The van der Waals surface area contributed by atoms with E-state index in [9.17, 15) is 4.79 Å². The summed E-state index contributed by atoms with van der Waals surface area (Å²) < 4.78 is 0. The van der Waals surface area contributed by atoms with Crippen molar-refractivity contribution < 1.29 is 4.79 Å². The van der Waals surface area contributed by atoms with Gasteiger partial charge in [-0.3, -0.25) is 4.79 Å². The summed E-state index contributed by atoms with van der Waals surface area (Å²) >= 11 is 5.39. The van der Waals surface area contributed by atoms with Crippen LogP contribution in [0.25, 0.3) is 0 Å². The van der Waals surface area contributed by atoms with Gasteiger partial charge in [0, 0.05) is 38.9 Å². The van der Waals surface area contributed by atoms with Gasteiger partial charge in [0.2, 0.25) is 5.91 Å². The highest BCUT2D eigenvalue weighted by atomic mass is 32.1. The van der Waals surface area contributed by atoms with Gasteiger partial charge in [0.25, 0.3) is 0 Å². The van der Waals surface area contributed by atoms with E-state index in [-0.39, 0.29) is 5.91 Å². The zero-order valence-electron chi connectivity index (χ0n) is 13.5. The second-order valence-electron chi connectivity index (χ2n) is 5.79. The van der Waals surface area contributed by atoms with Gasteiger partial charge in [0.1, 0.15) is 0 Å². The van der Waals surface area contributed by atoms with Gasteiger partial charge in [-0.1, -0.05) is 18.2 Å². The van der Waals surface area contributed by atoms with E-state index < -0.39 is 0 Å². The molecule has 1 amide bonds. The molecular weight excluding hydrogens is 296 g/mol. The van der Waals surface area contributed by atoms with Gasteiger partial charge in [-0.15, -0.1) is 0 Å². The van der Waals surface area contributed by atoms with Crippen molar-refractivity contribution >= 4 is 28.9 Å². The van der Waals surface area contributed by atoms with Crippen molar-refractivity contribution in [3.05, 3.63) is 29.8 Å². The summed E-state index contributed by atoms with van der Waals surface area (Å²) in [5, 5.41) is 3.77. The number of thiocarbonyl (C=S) groups is 1. The van der Waals surface area contributed by atoms with E-state index in [4.69, 9.17) is 12.2 Å². The largest absolute Gasteiger partial charge is 0.343 e. The second-order valence-corrected chi connectivity index (χ2v) is 6.17. The lowest BCUT2D eigenvalue weighted by atomic mass is 10.2. The van der Waals surface area contributed by atoms with Crippen LogP contribution in [0.4, 0.5) is 5.69 Å². The first-order valence-electron chi connectivity index (χ1n) is 7.51. The summed E-state index contributed by atoms with van der Waals surface area (Å²) in [6.45, 7) is 5.78. The molecular formula is C16H24N4OS. The third kappa shape index (κ3) is 4.42. The highest BCUT2D eigenvalue weighted by molar-refractivity contribution is 7.80. The van der Waals surface area contributed by atoms with E-state index in [1.807, 2.05) is 43.1 Å². The molecule has 1 heterocycles. The summed E-state index contributed by atoms with van der Waals surface area (Å²) in [5.74, 6) is 0.129. The van der Waals surface area contributed by atoms with Crippen LogP contribution in [0.15, 0.2) is 24.3 Å². The Bertz CT molecular complexity index is 541. The molecule has 5 nitrogen and oxygen atoms in total. The third-order valence-corrected chi connectivity index (χ3v) is 4.38. The van der Waals surface area contributed by atoms with Crippen molar-refractivity contribution in [2.24, 2.45) is 0 Å². The first-order valence-corrected chi connectivity index (χ1v) is 7.92. The maximum Gasteiger partial charge on any atom is 0.242 e. The van der Waals surface area contributed by atoms with Gasteiger partial charge >= 0.3 is 0 Å². The Labute approximate surface area is 137 Å². The Morgan fingerprint density at radius 1 is 1.27 bits per heavy atom. The number of aryl methyl sites for hydroxylation is 1. The van der Waals surface area contributed by atoms with Crippen LogP contribution in [0, 0.1) is 6.92 Å². The minimum absolute atomic E-state index is 0.129. The van der Waals surface area contributed by atoms with E-state index in [1.54, 1.807) is 4.90 Å². The van der Waals surface area contributed by atoms with E-state index in [2.05, 4.69) is 17.3 Å². The summed E-state index contributed by atoms with van der Waals surface area (Å²) in [7, 11) is 3.93. The fourth-order valence-electron chi connectivity index (χ4n) is 2.35. The number of nitrogens with zero attached hydrogens (tertiary/aromatic N) is 3. The Morgan fingerprint density at radius 3 is 2.55 bits per heavy atom.